The minimum atomic E-state index is -0.180. The second-order valence-corrected chi connectivity index (χ2v) is 5.08. The van der Waals surface area contributed by atoms with Gasteiger partial charge < -0.3 is 14.7 Å². The third-order valence-electron chi connectivity index (χ3n) is 2.96. The van der Waals surface area contributed by atoms with Crippen molar-refractivity contribution in [2.24, 2.45) is 0 Å². The average Bonchev–Trinajstić information content (AvgIpc) is 2.84. The Morgan fingerprint density at radius 2 is 2.24 bits per heavy atom. The van der Waals surface area contributed by atoms with Gasteiger partial charge in [-0.2, -0.15) is 0 Å². The molecular formula is C14H13ClN4O2. The second-order valence-electron chi connectivity index (χ2n) is 4.64. The summed E-state index contributed by atoms with van der Waals surface area (Å²) in [4.78, 5) is 23.2. The Labute approximate surface area is 125 Å². The van der Waals surface area contributed by atoms with Crippen molar-refractivity contribution in [3.8, 4) is 0 Å². The fourth-order valence-electron chi connectivity index (χ4n) is 2.02. The number of H-pyrrole nitrogens is 1. The summed E-state index contributed by atoms with van der Waals surface area (Å²) in [6.45, 7) is 2.70. The van der Waals surface area contributed by atoms with Gasteiger partial charge in [-0.1, -0.05) is 11.6 Å². The minimum absolute atomic E-state index is 0.180. The van der Waals surface area contributed by atoms with Crippen molar-refractivity contribution in [2.75, 3.05) is 0 Å². The number of hydrogen-bond acceptors (Lipinski definition) is 5. The summed E-state index contributed by atoms with van der Waals surface area (Å²) in [5.41, 5.74) is 0.399. The molecule has 21 heavy (non-hydrogen) atoms. The zero-order valence-corrected chi connectivity index (χ0v) is 12.1. The van der Waals surface area contributed by atoms with Crippen LogP contribution in [0.15, 0.2) is 33.6 Å². The molecule has 0 bridgehead atoms. The molecule has 6 nitrogen and oxygen atoms in total. The number of aromatic nitrogens is 3. The Balaban J connectivity index is 1.76. The fraction of sp³-hybridized carbons (Fsp3) is 0.214. The molecule has 7 heteroatoms. The predicted octanol–water partition coefficient (Wildman–Crippen LogP) is 2.16. The molecule has 0 amide bonds. The van der Waals surface area contributed by atoms with Crippen LogP contribution in [0.2, 0.25) is 5.02 Å². The average molecular weight is 305 g/mol. The number of aromatic amines is 1. The van der Waals surface area contributed by atoms with Crippen molar-refractivity contribution in [1.29, 1.82) is 0 Å². The second kappa shape index (κ2) is 5.67. The van der Waals surface area contributed by atoms with Crippen LogP contribution < -0.4 is 10.9 Å². The first-order chi connectivity index (χ1) is 10.1. The summed E-state index contributed by atoms with van der Waals surface area (Å²) in [7, 11) is 0. The van der Waals surface area contributed by atoms with Crippen LogP contribution in [0, 0.1) is 6.92 Å². The first-order valence-corrected chi connectivity index (χ1v) is 6.80. The molecule has 3 aromatic rings. The number of nitrogens with zero attached hydrogens (tertiary/aromatic N) is 2. The number of benzene rings is 1. The van der Waals surface area contributed by atoms with Gasteiger partial charge in [0.2, 0.25) is 5.89 Å². The maximum Gasteiger partial charge on any atom is 0.258 e. The van der Waals surface area contributed by atoms with Crippen LogP contribution >= 0.6 is 11.6 Å². The molecule has 0 atom stereocenters. The van der Waals surface area contributed by atoms with Gasteiger partial charge in [0.25, 0.3) is 5.56 Å². The van der Waals surface area contributed by atoms with Crippen molar-refractivity contribution in [3.05, 3.63) is 57.2 Å². The number of nitrogens with one attached hydrogen (secondary N) is 2. The number of hydrogen-bond donors (Lipinski definition) is 2. The lowest BCUT2D eigenvalue weighted by Crippen LogP contribution is -2.19. The van der Waals surface area contributed by atoms with Crippen molar-refractivity contribution >= 4 is 22.5 Å². The fourth-order valence-corrected chi connectivity index (χ4v) is 2.18. The van der Waals surface area contributed by atoms with Crippen LogP contribution in [-0.2, 0) is 13.1 Å². The van der Waals surface area contributed by atoms with E-state index >= 15 is 0 Å². The van der Waals surface area contributed by atoms with Gasteiger partial charge in [-0.25, -0.2) is 9.97 Å². The minimum Gasteiger partial charge on any atom is -0.445 e. The summed E-state index contributed by atoms with van der Waals surface area (Å²) in [5, 5.41) is 4.19. The number of rotatable bonds is 4. The first kappa shape index (κ1) is 13.8. The summed E-state index contributed by atoms with van der Waals surface area (Å²) in [6.07, 6.45) is 1.66. The summed E-state index contributed by atoms with van der Waals surface area (Å²) in [5.74, 6) is 1.90. The van der Waals surface area contributed by atoms with Crippen LogP contribution in [0.1, 0.15) is 17.5 Å². The Kier molecular flexibility index (Phi) is 3.72. The number of halogens is 1. The van der Waals surface area contributed by atoms with Crippen LogP contribution in [0.4, 0.5) is 0 Å². The van der Waals surface area contributed by atoms with Crippen LogP contribution in [0.25, 0.3) is 10.9 Å². The normalized spacial score (nSPS) is 11.1. The Hall–Kier alpha value is -2.18. The molecule has 0 saturated heterocycles. The molecule has 2 aromatic heterocycles. The molecule has 0 unspecified atom stereocenters. The quantitative estimate of drug-likeness (QED) is 0.771. The van der Waals surface area contributed by atoms with Gasteiger partial charge in [0.1, 0.15) is 11.6 Å². The highest BCUT2D eigenvalue weighted by atomic mass is 35.5. The summed E-state index contributed by atoms with van der Waals surface area (Å²) < 4.78 is 5.35. The molecule has 0 aliphatic heterocycles. The molecule has 0 spiro atoms. The Bertz CT molecular complexity index is 840. The maximum absolute atomic E-state index is 12.0. The molecule has 1 aromatic carbocycles. The van der Waals surface area contributed by atoms with Gasteiger partial charge in [-0.15, -0.1) is 0 Å². The molecule has 0 aliphatic carbocycles. The molecule has 108 valence electrons. The third kappa shape index (κ3) is 3.12. The van der Waals surface area contributed by atoms with E-state index in [2.05, 4.69) is 20.3 Å². The van der Waals surface area contributed by atoms with Gasteiger partial charge in [-0.3, -0.25) is 4.79 Å². The van der Waals surface area contributed by atoms with Gasteiger partial charge in [0.05, 0.1) is 30.2 Å². The highest BCUT2D eigenvalue weighted by molar-refractivity contribution is 6.31. The van der Waals surface area contributed by atoms with Gasteiger partial charge >= 0.3 is 0 Å². The Morgan fingerprint density at radius 1 is 1.38 bits per heavy atom. The molecule has 0 radical (unpaired) electrons. The molecule has 0 saturated carbocycles. The van der Waals surface area contributed by atoms with E-state index in [1.807, 2.05) is 6.92 Å². The molecule has 2 heterocycles. The zero-order chi connectivity index (χ0) is 14.8. The SMILES string of the molecule is Cc1cnc(CNCc2nc3cc(Cl)ccc3c(=O)[nH]2)o1. The smallest absolute Gasteiger partial charge is 0.258 e. The number of fused-ring (bicyclic) bond motifs is 1. The molecule has 0 fully saturated rings. The molecule has 0 aliphatic rings. The van der Waals surface area contributed by atoms with Crippen molar-refractivity contribution in [1.82, 2.24) is 20.3 Å². The number of oxazole rings is 1. The maximum atomic E-state index is 12.0. The summed E-state index contributed by atoms with van der Waals surface area (Å²) >= 11 is 5.92. The lowest BCUT2D eigenvalue weighted by Gasteiger charge is -2.04. The van der Waals surface area contributed by atoms with Gasteiger partial charge in [0.15, 0.2) is 0 Å². The first-order valence-electron chi connectivity index (χ1n) is 6.42. The van der Waals surface area contributed by atoms with E-state index in [0.29, 0.717) is 40.7 Å². The van der Waals surface area contributed by atoms with E-state index in [9.17, 15) is 4.79 Å². The van der Waals surface area contributed by atoms with Crippen molar-refractivity contribution in [2.45, 2.75) is 20.0 Å². The molecular weight excluding hydrogens is 292 g/mol. The van der Waals surface area contributed by atoms with Crippen LogP contribution in [-0.4, -0.2) is 15.0 Å². The van der Waals surface area contributed by atoms with E-state index in [4.69, 9.17) is 16.0 Å². The summed E-state index contributed by atoms with van der Waals surface area (Å²) in [6, 6.07) is 5.01. The Morgan fingerprint density at radius 3 is 3.00 bits per heavy atom. The zero-order valence-electron chi connectivity index (χ0n) is 11.3. The van der Waals surface area contributed by atoms with E-state index in [1.165, 1.54) is 0 Å². The third-order valence-corrected chi connectivity index (χ3v) is 3.19. The van der Waals surface area contributed by atoms with Crippen molar-refractivity contribution < 1.29 is 4.42 Å². The van der Waals surface area contributed by atoms with Crippen LogP contribution in [0.3, 0.4) is 0 Å². The highest BCUT2D eigenvalue weighted by Crippen LogP contribution is 2.14. The largest absolute Gasteiger partial charge is 0.445 e. The van der Waals surface area contributed by atoms with E-state index in [1.54, 1.807) is 24.4 Å². The highest BCUT2D eigenvalue weighted by Gasteiger charge is 2.05. The van der Waals surface area contributed by atoms with Crippen molar-refractivity contribution in [3.63, 3.8) is 0 Å². The van der Waals surface area contributed by atoms with Gasteiger partial charge in [0, 0.05) is 5.02 Å². The van der Waals surface area contributed by atoms with Crippen LogP contribution in [0.5, 0.6) is 0 Å². The monoisotopic (exact) mass is 304 g/mol. The predicted molar refractivity (Wildman–Crippen MR) is 79.2 cm³/mol. The van der Waals surface area contributed by atoms with Gasteiger partial charge in [-0.05, 0) is 25.1 Å². The lowest BCUT2D eigenvalue weighted by molar-refractivity contribution is 0.447. The van der Waals surface area contributed by atoms with E-state index in [0.717, 1.165) is 5.76 Å². The lowest BCUT2D eigenvalue weighted by atomic mass is 10.2. The standard InChI is InChI=1S/C14H13ClN4O2/c1-8-5-17-13(21-8)7-16-6-12-18-11-4-9(15)2-3-10(11)14(20)19-12/h2-5,16H,6-7H2,1H3,(H,18,19,20). The topological polar surface area (TPSA) is 83.8 Å². The molecule has 3 rings (SSSR count). The van der Waals surface area contributed by atoms with E-state index in [-0.39, 0.29) is 5.56 Å². The molecule has 2 N–H and O–H groups in total. The van der Waals surface area contributed by atoms with E-state index < -0.39 is 0 Å². The number of aryl methyl sites for hydroxylation is 1.